The number of nitrogens with zero attached hydrogens (tertiary/aromatic N) is 2. The second kappa shape index (κ2) is 7.81. The van der Waals surface area contributed by atoms with E-state index in [0.717, 1.165) is 45.1 Å². The van der Waals surface area contributed by atoms with Gasteiger partial charge in [0.1, 0.15) is 0 Å². The Bertz CT molecular complexity index is 401. The maximum atomic E-state index is 12.4. The molecule has 2 heterocycles. The highest BCUT2D eigenvalue weighted by atomic mass is 35.5. The van der Waals surface area contributed by atoms with Crippen molar-refractivity contribution >= 4 is 18.3 Å². The van der Waals surface area contributed by atoms with Gasteiger partial charge in [-0.2, -0.15) is 0 Å². The molecule has 4 nitrogen and oxygen atoms in total. The molecule has 0 N–H and O–H groups in total. The summed E-state index contributed by atoms with van der Waals surface area (Å²) in [7, 11) is 0. The van der Waals surface area contributed by atoms with Gasteiger partial charge in [-0.25, -0.2) is 0 Å². The molecule has 0 bridgehead atoms. The number of hydrogen-bond acceptors (Lipinski definition) is 3. The van der Waals surface area contributed by atoms with E-state index in [1.807, 2.05) is 24.8 Å². The van der Waals surface area contributed by atoms with Gasteiger partial charge < -0.3 is 9.64 Å². The van der Waals surface area contributed by atoms with Crippen molar-refractivity contribution < 1.29 is 9.53 Å². The third-order valence-electron chi connectivity index (χ3n) is 3.77. The summed E-state index contributed by atoms with van der Waals surface area (Å²) in [6.07, 6.45) is 4.14. The average Bonchev–Trinajstić information content (AvgIpc) is 2.47. The molecule has 0 radical (unpaired) electrons. The molecule has 5 heteroatoms. The number of carbonyl (C=O) groups is 1. The second-order valence-electron chi connectivity index (χ2n) is 5.43. The normalized spacial score (nSPS) is 24.6. The van der Waals surface area contributed by atoms with Gasteiger partial charge in [0.05, 0.1) is 19.1 Å². The molecule has 2 aliphatic rings. The van der Waals surface area contributed by atoms with Crippen LogP contribution in [-0.2, 0) is 9.53 Å². The highest BCUT2D eigenvalue weighted by Crippen LogP contribution is 2.19. The van der Waals surface area contributed by atoms with Gasteiger partial charge in [0.25, 0.3) is 0 Å². The van der Waals surface area contributed by atoms with Gasteiger partial charge in [0.15, 0.2) is 0 Å². The minimum absolute atomic E-state index is 0. The Morgan fingerprint density at radius 1 is 1.25 bits per heavy atom. The summed E-state index contributed by atoms with van der Waals surface area (Å²) in [5, 5.41) is 0. The van der Waals surface area contributed by atoms with Crippen LogP contribution in [0.4, 0.5) is 0 Å². The molecule has 0 saturated carbocycles. The Kier molecular flexibility index (Phi) is 6.72. The molecule has 1 unspecified atom stereocenters. The van der Waals surface area contributed by atoms with Crippen LogP contribution >= 0.6 is 12.4 Å². The smallest absolute Gasteiger partial charge is 0.233 e. The zero-order valence-corrected chi connectivity index (χ0v) is 13.4. The van der Waals surface area contributed by atoms with Crippen molar-refractivity contribution in [2.24, 2.45) is 5.92 Å². The Labute approximate surface area is 127 Å². The lowest BCUT2D eigenvalue weighted by atomic mass is 10.1. The SMILES string of the molecule is CC1=CC(C)C(=O)N(CCN2CCOCC2)C(C)=C1.Cl. The van der Waals surface area contributed by atoms with Crippen LogP contribution in [0.5, 0.6) is 0 Å². The summed E-state index contributed by atoms with van der Waals surface area (Å²) in [5.41, 5.74) is 2.23. The molecule has 1 atom stereocenters. The predicted octanol–water partition coefficient (Wildman–Crippen LogP) is 2.07. The first-order chi connectivity index (χ1) is 9.08. The van der Waals surface area contributed by atoms with Crippen LogP contribution in [0, 0.1) is 5.92 Å². The van der Waals surface area contributed by atoms with Crippen LogP contribution < -0.4 is 0 Å². The standard InChI is InChI=1S/C15H24N2O2.ClH/c1-12-10-13(2)15(18)17(14(3)11-12)5-4-16-6-8-19-9-7-16;/h10-11,13H,4-9H2,1-3H3;1H. The second-order valence-corrected chi connectivity index (χ2v) is 5.43. The molecule has 114 valence electrons. The van der Waals surface area contributed by atoms with Crippen LogP contribution in [0.1, 0.15) is 20.8 Å². The first kappa shape index (κ1) is 17.2. The highest BCUT2D eigenvalue weighted by molar-refractivity contribution is 5.85. The maximum Gasteiger partial charge on any atom is 0.233 e. The van der Waals surface area contributed by atoms with Gasteiger partial charge in [-0.15, -0.1) is 12.4 Å². The lowest BCUT2D eigenvalue weighted by Crippen LogP contribution is -2.43. The fraction of sp³-hybridized carbons (Fsp3) is 0.667. The zero-order chi connectivity index (χ0) is 13.8. The van der Waals surface area contributed by atoms with E-state index in [0.29, 0.717) is 0 Å². The molecule has 1 saturated heterocycles. The monoisotopic (exact) mass is 300 g/mol. The fourth-order valence-electron chi connectivity index (χ4n) is 2.69. The molecule has 0 aromatic heterocycles. The molecule has 0 aliphatic carbocycles. The molecule has 1 amide bonds. The van der Waals surface area contributed by atoms with E-state index in [9.17, 15) is 4.79 Å². The number of allylic oxidation sites excluding steroid dienone is 3. The van der Waals surface area contributed by atoms with Gasteiger partial charge in [-0.05, 0) is 19.9 Å². The molecule has 0 aromatic rings. The number of amides is 1. The first-order valence-corrected chi connectivity index (χ1v) is 7.06. The van der Waals surface area contributed by atoms with Crippen molar-refractivity contribution in [2.45, 2.75) is 20.8 Å². The van der Waals surface area contributed by atoms with Crippen LogP contribution in [0.3, 0.4) is 0 Å². The van der Waals surface area contributed by atoms with Crippen LogP contribution in [0.25, 0.3) is 0 Å². The Balaban J connectivity index is 0.00000200. The minimum atomic E-state index is -0.0293. The number of hydrogen-bond donors (Lipinski definition) is 0. The molecule has 0 spiro atoms. The maximum absolute atomic E-state index is 12.4. The number of carbonyl (C=O) groups excluding carboxylic acids is 1. The molecular weight excluding hydrogens is 276 g/mol. The molecule has 1 fully saturated rings. The largest absolute Gasteiger partial charge is 0.379 e. The Morgan fingerprint density at radius 2 is 1.90 bits per heavy atom. The van der Waals surface area contributed by atoms with Gasteiger partial charge in [-0.1, -0.05) is 18.6 Å². The third kappa shape index (κ3) is 4.33. The number of ether oxygens (including phenoxy) is 1. The van der Waals surface area contributed by atoms with Crippen molar-refractivity contribution in [1.29, 1.82) is 0 Å². The predicted molar refractivity (Wildman–Crippen MR) is 82.9 cm³/mol. The molecule has 0 aromatic carbocycles. The fourth-order valence-corrected chi connectivity index (χ4v) is 2.69. The summed E-state index contributed by atoms with van der Waals surface area (Å²) in [4.78, 5) is 16.7. The zero-order valence-electron chi connectivity index (χ0n) is 12.6. The van der Waals surface area contributed by atoms with Crippen molar-refractivity contribution in [3.05, 3.63) is 23.4 Å². The van der Waals surface area contributed by atoms with Crippen molar-refractivity contribution in [1.82, 2.24) is 9.80 Å². The number of halogens is 1. The van der Waals surface area contributed by atoms with Crippen LogP contribution in [0.15, 0.2) is 23.4 Å². The quantitative estimate of drug-likeness (QED) is 0.800. The number of rotatable bonds is 3. The van der Waals surface area contributed by atoms with Crippen LogP contribution in [0.2, 0.25) is 0 Å². The van der Waals surface area contributed by atoms with Gasteiger partial charge in [0.2, 0.25) is 5.91 Å². The summed E-state index contributed by atoms with van der Waals surface area (Å²) >= 11 is 0. The first-order valence-electron chi connectivity index (χ1n) is 7.06. The molecular formula is C15H25ClN2O2. The highest BCUT2D eigenvalue weighted by Gasteiger charge is 2.23. The number of morpholine rings is 1. The van der Waals surface area contributed by atoms with E-state index in [-0.39, 0.29) is 24.2 Å². The van der Waals surface area contributed by atoms with Crippen LogP contribution in [-0.4, -0.2) is 55.1 Å². The Morgan fingerprint density at radius 3 is 2.55 bits per heavy atom. The van der Waals surface area contributed by atoms with E-state index in [2.05, 4.69) is 17.9 Å². The summed E-state index contributed by atoms with van der Waals surface area (Å²) in [6.45, 7) is 11.3. The van der Waals surface area contributed by atoms with E-state index in [1.54, 1.807) is 0 Å². The molecule has 2 rings (SSSR count). The van der Waals surface area contributed by atoms with E-state index in [4.69, 9.17) is 4.74 Å². The lowest BCUT2D eigenvalue weighted by Gasteiger charge is -2.30. The van der Waals surface area contributed by atoms with Gasteiger partial charge in [-0.3, -0.25) is 9.69 Å². The van der Waals surface area contributed by atoms with Crippen molar-refractivity contribution in [3.63, 3.8) is 0 Å². The average molecular weight is 301 g/mol. The van der Waals surface area contributed by atoms with Gasteiger partial charge in [0, 0.05) is 31.9 Å². The van der Waals surface area contributed by atoms with E-state index in [1.165, 1.54) is 5.57 Å². The topological polar surface area (TPSA) is 32.8 Å². The molecule has 20 heavy (non-hydrogen) atoms. The van der Waals surface area contributed by atoms with Crippen molar-refractivity contribution in [3.8, 4) is 0 Å². The summed E-state index contributed by atoms with van der Waals surface area (Å²) < 4.78 is 5.34. The lowest BCUT2D eigenvalue weighted by molar-refractivity contribution is -0.131. The minimum Gasteiger partial charge on any atom is -0.379 e. The Hall–Kier alpha value is -0.840. The van der Waals surface area contributed by atoms with Crippen molar-refractivity contribution in [2.75, 3.05) is 39.4 Å². The summed E-state index contributed by atoms with van der Waals surface area (Å²) in [5.74, 6) is 0.178. The summed E-state index contributed by atoms with van der Waals surface area (Å²) in [6, 6.07) is 0. The van der Waals surface area contributed by atoms with E-state index >= 15 is 0 Å². The molecule has 2 aliphatic heterocycles. The van der Waals surface area contributed by atoms with E-state index < -0.39 is 0 Å². The third-order valence-corrected chi connectivity index (χ3v) is 3.77. The van der Waals surface area contributed by atoms with Gasteiger partial charge >= 0.3 is 0 Å².